The number of ether oxygens (including phenoxy) is 2. The van der Waals surface area contributed by atoms with Crippen molar-refractivity contribution in [2.45, 2.75) is 19.8 Å². The van der Waals surface area contributed by atoms with E-state index < -0.39 is 0 Å². The van der Waals surface area contributed by atoms with Crippen LogP contribution >= 0.6 is 0 Å². The lowest BCUT2D eigenvalue weighted by molar-refractivity contribution is 0.398. The normalized spacial score (nSPS) is 10.5. The first kappa shape index (κ1) is 13.6. The van der Waals surface area contributed by atoms with Gasteiger partial charge in [-0.15, -0.1) is 0 Å². The summed E-state index contributed by atoms with van der Waals surface area (Å²) < 4.78 is 10.8. The maximum Gasteiger partial charge on any atom is 0.142 e. The fourth-order valence-electron chi connectivity index (χ4n) is 1.72. The highest BCUT2D eigenvalue weighted by Crippen LogP contribution is 2.36. The number of hydrogen-bond donors (Lipinski definition) is 2. The minimum atomic E-state index is 0.391. The van der Waals surface area contributed by atoms with Gasteiger partial charge in [-0.05, 0) is 12.0 Å². The second-order valence-corrected chi connectivity index (χ2v) is 4.16. The van der Waals surface area contributed by atoms with E-state index in [0.717, 1.165) is 22.7 Å². The minimum Gasteiger partial charge on any atom is -0.496 e. The number of nitrogens with two attached hydrogens (primary N) is 1. The van der Waals surface area contributed by atoms with Crippen molar-refractivity contribution in [3.05, 3.63) is 17.7 Å². The lowest BCUT2D eigenvalue weighted by Crippen LogP contribution is -2.14. The van der Waals surface area contributed by atoms with E-state index in [4.69, 9.17) is 15.2 Å². The van der Waals surface area contributed by atoms with Gasteiger partial charge in [0.05, 0.1) is 19.9 Å². The number of nitrogens with one attached hydrogen (secondary N) is 1. The van der Waals surface area contributed by atoms with Gasteiger partial charge in [0.25, 0.3) is 0 Å². The summed E-state index contributed by atoms with van der Waals surface area (Å²) in [5.74, 6) is 2.09. The third-order valence-corrected chi connectivity index (χ3v) is 2.63. The third-order valence-electron chi connectivity index (χ3n) is 2.63. The number of anilines is 1. The van der Waals surface area contributed by atoms with E-state index in [9.17, 15) is 0 Å². The molecule has 96 valence electrons. The fraction of sp³-hybridized carbons (Fsp3) is 0.538. The van der Waals surface area contributed by atoms with E-state index in [0.29, 0.717) is 19.0 Å². The van der Waals surface area contributed by atoms with Crippen LogP contribution in [0.5, 0.6) is 11.5 Å². The van der Waals surface area contributed by atoms with Gasteiger partial charge in [0.1, 0.15) is 11.5 Å². The predicted octanol–water partition coefficient (Wildman–Crippen LogP) is 2.20. The van der Waals surface area contributed by atoms with Crippen LogP contribution in [-0.4, -0.2) is 27.3 Å². The summed E-state index contributed by atoms with van der Waals surface area (Å²) in [5.41, 5.74) is 7.54. The van der Waals surface area contributed by atoms with E-state index in [1.807, 2.05) is 12.1 Å². The first-order valence-electron chi connectivity index (χ1n) is 5.83. The Bertz CT molecular complexity index is 365. The molecule has 0 aliphatic rings. The molecule has 17 heavy (non-hydrogen) atoms. The standard InChI is InChI=1S/C13H22N2O2/c1-9(2)10-7-13(17-4)11(15-6-5-14)8-12(10)16-3/h7-9,15H,5-6,14H2,1-4H3. The molecule has 0 aliphatic carbocycles. The Morgan fingerprint density at radius 1 is 1.18 bits per heavy atom. The zero-order chi connectivity index (χ0) is 12.8. The molecule has 0 heterocycles. The molecule has 0 aromatic heterocycles. The van der Waals surface area contributed by atoms with E-state index in [-0.39, 0.29) is 0 Å². The van der Waals surface area contributed by atoms with Crippen LogP contribution in [-0.2, 0) is 0 Å². The van der Waals surface area contributed by atoms with Crippen molar-refractivity contribution >= 4 is 5.69 Å². The molecule has 0 spiro atoms. The van der Waals surface area contributed by atoms with E-state index >= 15 is 0 Å². The molecular formula is C13H22N2O2. The monoisotopic (exact) mass is 238 g/mol. The third kappa shape index (κ3) is 3.27. The van der Waals surface area contributed by atoms with Gasteiger partial charge in [-0.3, -0.25) is 0 Å². The quantitative estimate of drug-likeness (QED) is 0.797. The summed E-state index contributed by atoms with van der Waals surface area (Å²) in [7, 11) is 3.35. The molecular weight excluding hydrogens is 216 g/mol. The summed E-state index contributed by atoms with van der Waals surface area (Å²) in [6.07, 6.45) is 0. The molecule has 0 saturated carbocycles. The Morgan fingerprint density at radius 3 is 2.29 bits per heavy atom. The lowest BCUT2D eigenvalue weighted by Gasteiger charge is -2.17. The Balaban J connectivity index is 3.13. The largest absolute Gasteiger partial charge is 0.496 e. The van der Waals surface area contributed by atoms with Gasteiger partial charge in [-0.1, -0.05) is 13.8 Å². The Labute approximate surface area is 103 Å². The molecule has 4 nitrogen and oxygen atoms in total. The number of rotatable bonds is 6. The van der Waals surface area contributed by atoms with Gasteiger partial charge in [-0.2, -0.15) is 0 Å². The molecule has 0 saturated heterocycles. The number of benzene rings is 1. The van der Waals surface area contributed by atoms with Crippen LogP contribution in [0.3, 0.4) is 0 Å². The molecule has 0 atom stereocenters. The minimum absolute atomic E-state index is 0.391. The van der Waals surface area contributed by atoms with Crippen molar-refractivity contribution in [1.29, 1.82) is 0 Å². The zero-order valence-electron chi connectivity index (χ0n) is 11.0. The Morgan fingerprint density at radius 2 is 1.82 bits per heavy atom. The van der Waals surface area contributed by atoms with Crippen LogP contribution in [0.25, 0.3) is 0 Å². The van der Waals surface area contributed by atoms with Gasteiger partial charge < -0.3 is 20.5 Å². The number of methoxy groups -OCH3 is 2. The second-order valence-electron chi connectivity index (χ2n) is 4.16. The predicted molar refractivity (Wildman–Crippen MR) is 71.2 cm³/mol. The topological polar surface area (TPSA) is 56.5 Å². The molecule has 1 aromatic rings. The van der Waals surface area contributed by atoms with Crippen molar-refractivity contribution in [2.24, 2.45) is 5.73 Å². The summed E-state index contributed by atoms with van der Waals surface area (Å²) >= 11 is 0. The van der Waals surface area contributed by atoms with Crippen molar-refractivity contribution in [3.63, 3.8) is 0 Å². The molecule has 0 aliphatic heterocycles. The second kappa shape index (κ2) is 6.35. The average Bonchev–Trinajstić information content (AvgIpc) is 2.34. The highest BCUT2D eigenvalue weighted by atomic mass is 16.5. The molecule has 1 rings (SSSR count). The molecule has 0 fully saturated rings. The molecule has 1 aromatic carbocycles. The van der Waals surface area contributed by atoms with Gasteiger partial charge in [0.15, 0.2) is 0 Å². The summed E-state index contributed by atoms with van der Waals surface area (Å²) in [6.45, 7) is 5.55. The molecule has 0 unspecified atom stereocenters. The van der Waals surface area contributed by atoms with E-state index in [2.05, 4.69) is 19.2 Å². The maximum absolute atomic E-state index is 5.48. The molecule has 4 heteroatoms. The van der Waals surface area contributed by atoms with E-state index in [1.54, 1.807) is 14.2 Å². The van der Waals surface area contributed by atoms with Crippen LogP contribution in [0.2, 0.25) is 0 Å². The van der Waals surface area contributed by atoms with Crippen molar-refractivity contribution in [2.75, 3.05) is 32.6 Å². The van der Waals surface area contributed by atoms with Crippen LogP contribution in [0.4, 0.5) is 5.69 Å². The zero-order valence-corrected chi connectivity index (χ0v) is 11.0. The molecule has 0 bridgehead atoms. The smallest absolute Gasteiger partial charge is 0.142 e. The van der Waals surface area contributed by atoms with Gasteiger partial charge in [-0.25, -0.2) is 0 Å². The Hall–Kier alpha value is -1.42. The summed E-state index contributed by atoms with van der Waals surface area (Å²) in [6, 6.07) is 3.98. The van der Waals surface area contributed by atoms with Crippen LogP contribution < -0.4 is 20.5 Å². The van der Waals surface area contributed by atoms with Crippen molar-refractivity contribution in [3.8, 4) is 11.5 Å². The van der Waals surface area contributed by atoms with Crippen LogP contribution in [0.15, 0.2) is 12.1 Å². The van der Waals surface area contributed by atoms with Gasteiger partial charge in [0.2, 0.25) is 0 Å². The fourth-order valence-corrected chi connectivity index (χ4v) is 1.72. The van der Waals surface area contributed by atoms with Crippen LogP contribution in [0.1, 0.15) is 25.3 Å². The van der Waals surface area contributed by atoms with Gasteiger partial charge >= 0.3 is 0 Å². The van der Waals surface area contributed by atoms with Crippen molar-refractivity contribution in [1.82, 2.24) is 0 Å². The molecule has 0 radical (unpaired) electrons. The maximum atomic E-state index is 5.48. The molecule has 0 amide bonds. The summed E-state index contributed by atoms with van der Waals surface area (Å²) in [4.78, 5) is 0. The van der Waals surface area contributed by atoms with E-state index in [1.165, 1.54) is 0 Å². The summed E-state index contributed by atoms with van der Waals surface area (Å²) in [5, 5.41) is 3.22. The first-order valence-corrected chi connectivity index (χ1v) is 5.83. The molecule has 3 N–H and O–H groups in total. The van der Waals surface area contributed by atoms with Crippen LogP contribution in [0, 0.1) is 0 Å². The first-order chi connectivity index (χ1) is 8.13. The Kier molecular flexibility index (Phi) is 5.10. The van der Waals surface area contributed by atoms with Gasteiger partial charge in [0, 0.05) is 24.7 Å². The SMILES string of the molecule is COc1cc(C(C)C)c(OC)cc1NCCN. The van der Waals surface area contributed by atoms with Crippen molar-refractivity contribution < 1.29 is 9.47 Å². The average molecular weight is 238 g/mol. The number of hydrogen-bond acceptors (Lipinski definition) is 4. The highest BCUT2D eigenvalue weighted by Gasteiger charge is 2.13. The lowest BCUT2D eigenvalue weighted by atomic mass is 10.0. The highest BCUT2D eigenvalue weighted by molar-refractivity contribution is 5.63.